The summed E-state index contributed by atoms with van der Waals surface area (Å²) in [6.45, 7) is 1.99. The number of aryl methyl sites for hydroxylation is 1. The van der Waals surface area contributed by atoms with Crippen LogP contribution in [-0.2, 0) is 0 Å². The minimum Gasteiger partial charge on any atom is -0.383 e. The van der Waals surface area contributed by atoms with Crippen molar-refractivity contribution < 1.29 is 0 Å². The molecule has 0 atom stereocenters. The molecule has 3 aromatic rings. The first-order valence-electron chi connectivity index (χ1n) is 5.95. The number of benzene rings is 1. The van der Waals surface area contributed by atoms with Gasteiger partial charge in [-0.25, -0.2) is 4.98 Å². The molecule has 3 rings (SSSR count). The van der Waals surface area contributed by atoms with Crippen LogP contribution in [0.1, 0.15) is 11.3 Å². The highest BCUT2D eigenvalue weighted by molar-refractivity contribution is 5.76. The zero-order valence-electron chi connectivity index (χ0n) is 10.5. The molecule has 19 heavy (non-hydrogen) atoms. The number of hydrogen-bond acceptors (Lipinski definition) is 3. The van der Waals surface area contributed by atoms with Crippen molar-refractivity contribution in [3.63, 3.8) is 0 Å². The fourth-order valence-electron chi connectivity index (χ4n) is 2.23. The Kier molecular flexibility index (Phi) is 2.46. The van der Waals surface area contributed by atoms with Gasteiger partial charge in [0.05, 0.1) is 11.6 Å². The number of nitrogens with zero attached hydrogens (tertiary/aromatic N) is 3. The summed E-state index contributed by atoms with van der Waals surface area (Å²) in [5.41, 5.74) is 10.2. The molecule has 2 N–H and O–H groups in total. The monoisotopic (exact) mass is 248 g/mol. The van der Waals surface area contributed by atoms with E-state index in [0.717, 1.165) is 16.9 Å². The van der Waals surface area contributed by atoms with Crippen LogP contribution in [0.3, 0.4) is 0 Å². The summed E-state index contributed by atoms with van der Waals surface area (Å²) in [4.78, 5) is 4.55. The smallest absolute Gasteiger partial charge is 0.139 e. The lowest BCUT2D eigenvalue weighted by atomic mass is 10.1. The van der Waals surface area contributed by atoms with Crippen LogP contribution in [0, 0.1) is 18.3 Å². The number of aromatic nitrogens is 2. The van der Waals surface area contributed by atoms with Crippen molar-refractivity contribution >= 4 is 11.5 Å². The molecular weight excluding hydrogens is 236 g/mol. The lowest BCUT2D eigenvalue weighted by molar-refractivity contribution is 1.10. The molecular formula is C15H12N4. The Labute approximate surface area is 110 Å². The number of nitrogen functional groups attached to an aromatic ring is 1. The lowest BCUT2D eigenvalue weighted by Crippen LogP contribution is -1.97. The Hall–Kier alpha value is -2.80. The Bertz CT molecular complexity index is 809. The van der Waals surface area contributed by atoms with Crippen LogP contribution in [0.2, 0.25) is 0 Å². The molecule has 2 aromatic heterocycles. The number of rotatable bonds is 1. The number of fused-ring (bicyclic) bond motifs is 1. The third kappa shape index (κ3) is 1.72. The quantitative estimate of drug-likeness (QED) is 0.720. The molecule has 1 aromatic carbocycles. The lowest BCUT2D eigenvalue weighted by Gasteiger charge is -2.02. The average molecular weight is 248 g/mol. The third-order valence-electron chi connectivity index (χ3n) is 3.14. The average Bonchev–Trinajstić information content (AvgIpc) is 2.77. The molecule has 92 valence electrons. The van der Waals surface area contributed by atoms with Gasteiger partial charge in [-0.1, -0.05) is 18.2 Å². The summed E-state index contributed by atoms with van der Waals surface area (Å²) in [6.07, 6.45) is 0. The van der Waals surface area contributed by atoms with Crippen LogP contribution in [0.4, 0.5) is 5.82 Å². The summed E-state index contributed by atoms with van der Waals surface area (Å²) in [6, 6.07) is 15.3. The summed E-state index contributed by atoms with van der Waals surface area (Å²) in [5.74, 6) is 0.600. The van der Waals surface area contributed by atoms with E-state index >= 15 is 0 Å². The van der Waals surface area contributed by atoms with Crippen LogP contribution >= 0.6 is 0 Å². The molecule has 0 spiro atoms. The molecule has 0 aliphatic heterocycles. The highest BCUT2D eigenvalue weighted by Crippen LogP contribution is 2.27. The maximum Gasteiger partial charge on any atom is 0.139 e. The summed E-state index contributed by atoms with van der Waals surface area (Å²) in [5, 5.41) is 8.96. The fraction of sp³-hybridized carbons (Fsp3) is 0.0667. The number of nitrogens with two attached hydrogens (primary N) is 1. The molecule has 0 saturated heterocycles. The predicted octanol–water partition coefficient (Wildman–Crippen LogP) is 2.76. The standard InChI is InChI=1S/C15H12N4/c1-10-4-2-7-13-18-14(15(17)19(10)13)12-6-3-5-11(8-12)9-16/h2-8H,17H2,1H3. The van der Waals surface area contributed by atoms with Crippen molar-refractivity contribution in [2.45, 2.75) is 6.92 Å². The minimum atomic E-state index is 0.600. The molecule has 0 bridgehead atoms. The molecule has 0 amide bonds. The molecule has 4 nitrogen and oxygen atoms in total. The van der Waals surface area contributed by atoms with Crippen molar-refractivity contribution in [3.05, 3.63) is 53.7 Å². The zero-order valence-corrected chi connectivity index (χ0v) is 10.5. The molecule has 0 fully saturated rings. The SMILES string of the molecule is Cc1cccc2nc(-c3cccc(C#N)c3)c(N)n12. The number of anilines is 1. The molecule has 0 radical (unpaired) electrons. The normalized spacial score (nSPS) is 10.5. The second-order valence-electron chi connectivity index (χ2n) is 4.40. The van der Waals surface area contributed by atoms with Crippen LogP contribution in [0.15, 0.2) is 42.5 Å². The van der Waals surface area contributed by atoms with Gasteiger partial charge in [0.15, 0.2) is 0 Å². The summed E-state index contributed by atoms with van der Waals surface area (Å²) < 4.78 is 1.91. The highest BCUT2D eigenvalue weighted by atomic mass is 15.1. The van der Waals surface area contributed by atoms with Crippen LogP contribution in [-0.4, -0.2) is 9.38 Å². The van der Waals surface area contributed by atoms with E-state index in [0.29, 0.717) is 17.1 Å². The van der Waals surface area contributed by atoms with Gasteiger partial charge in [0.2, 0.25) is 0 Å². The first kappa shape index (κ1) is 11.3. The molecule has 4 heteroatoms. The molecule has 0 aliphatic carbocycles. The second-order valence-corrected chi connectivity index (χ2v) is 4.40. The largest absolute Gasteiger partial charge is 0.383 e. The van der Waals surface area contributed by atoms with Gasteiger partial charge in [0.25, 0.3) is 0 Å². The number of pyridine rings is 1. The van der Waals surface area contributed by atoms with Gasteiger partial charge in [0, 0.05) is 11.3 Å². The minimum absolute atomic E-state index is 0.600. The first-order chi connectivity index (χ1) is 9.20. The Morgan fingerprint density at radius 1 is 1.21 bits per heavy atom. The van der Waals surface area contributed by atoms with Crippen LogP contribution in [0.25, 0.3) is 16.9 Å². The van der Waals surface area contributed by atoms with E-state index in [1.54, 1.807) is 12.1 Å². The van der Waals surface area contributed by atoms with Crippen molar-refractivity contribution in [3.8, 4) is 17.3 Å². The van der Waals surface area contributed by atoms with Crippen LogP contribution in [0.5, 0.6) is 0 Å². The van der Waals surface area contributed by atoms with Gasteiger partial charge in [-0.2, -0.15) is 5.26 Å². The van der Waals surface area contributed by atoms with Gasteiger partial charge in [-0.3, -0.25) is 4.40 Å². The Balaban J connectivity index is 2.29. The zero-order chi connectivity index (χ0) is 13.4. The molecule has 2 heterocycles. The van der Waals surface area contributed by atoms with E-state index < -0.39 is 0 Å². The fourth-order valence-corrected chi connectivity index (χ4v) is 2.23. The summed E-state index contributed by atoms with van der Waals surface area (Å²) >= 11 is 0. The molecule has 0 saturated carbocycles. The first-order valence-corrected chi connectivity index (χ1v) is 5.95. The topological polar surface area (TPSA) is 67.1 Å². The second kappa shape index (κ2) is 4.14. The van der Waals surface area contributed by atoms with Crippen molar-refractivity contribution in [1.29, 1.82) is 5.26 Å². The van der Waals surface area contributed by atoms with Crippen molar-refractivity contribution in [1.82, 2.24) is 9.38 Å². The van der Waals surface area contributed by atoms with E-state index in [-0.39, 0.29) is 0 Å². The van der Waals surface area contributed by atoms with E-state index in [1.807, 2.05) is 41.7 Å². The molecule has 0 unspecified atom stereocenters. The number of nitriles is 1. The third-order valence-corrected chi connectivity index (χ3v) is 3.14. The molecule has 0 aliphatic rings. The number of imidazole rings is 1. The van der Waals surface area contributed by atoms with E-state index in [1.165, 1.54) is 0 Å². The van der Waals surface area contributed by atoms with Gasteiger partial charge in [-0.05, 0) is 31.2 Å². The van der Waals surface area contributed by atoms with Crippen LogP contribution < -0.4 is 5.73 Å². The van der Waals surface area contributed by atoms with Crippen molar-refractivity contribution in [2.75, 3.05) is 5.73 Å². The van der Waals surface area contributed by atoms with E-state index in [9.17, 15) is 0 Å². The Morgan fingerprint density at radius 3 is 2.74 bits per heavy atom. The maximum absolute atomic E-state index is 8.96. The predicted molar refractivity (Wildman–Crippen MR) is 74.5 cm³/mol. The number of hydrogen-bond donors (Lipinski definition) is 1. The summed E-state index contributed by atoms with van der Waals surface area (Å²) in [7, 11) is 0. The van der Waals surface area contributed by atoms with E-state index in [2.05, 4.69) is 11.1 Å². The van der Waals surface area contributed by atoms with Gasteiger partial charge in [-0.15, -0.1) is 0 Å². The van der Waals surface area contributed by atoms with Gasteiger partial charge in [0.1, 0.15) is 17.2 Å². The highest BCUT2D eigenvalue weighted by Gasteiger charge is 2.12. The van der Waals surface area contributed by atoms with E-state index in [4.69, 9.17) is 11.0 Å². The van der Waals surface area contributed by atoms with Gasteiger partial charge >= 0.3 is 0 Å². The maximum atomic E-state index is 8.96. The van der Waals surface area contributed by atoms with Crippen molar-refractivity contribution in [2.24, 2.45) is 0 Å². The van der Waals surface area contributed by atoms with Gasteiger partial charge < -0.3 is 5.73 Å². The Morgan fingerprint density at radius 2 is 2.00 bits per heavy atom.